The summed E-state index contributed by atoms with van der Waals surface area (Å²) in [6.07, 6.45) is 5.04. The first-order valence-electron chi connectivity index (χ1n) is 10.4. The van der Waals surface area contributed by atoms with Crippen LogP contribution in [0.1, 0.15) is 43.7 Å². The number of pyridine rings is 1. The molecule has 170 valence electrons. The first-order chi connectivity index (χ1) is 15.2. The van der Waals surface area contributed by atoms with Crippen molar-refractivity contribution in [1.82, 2.24) is 10.3 Å². The number of aliphatic hydroxyl groups excluding tert-OH is 1. The third kappa shape index (κ3) is 8.13. The summed E-state index contributed by atoms with van der Waals surface area (Å²) in [6, 6.07) is 12.5. The summed E-state index contributed by atoms with van der Waals surface area (Å²) < 4.78 is 11.1. The van der Waals surface area contributed by atoms with Gasteiger partial charge in [-0.2, -0.15) is 0 Å². The Morgan fingerprint density at radius 1 is 1.19 bits per heavy atom. The predicted molar refractivity (Wildman–Crippen MR) is 127 cm³/mol. The van der Waals surface area contributed by atoms with E-state index in [9.17, 15) is 9.90 Å². The SMILES string of the molecule is C=C/C=C(\C=C)c1ccc(C(O)C(COCc2ccccc2)NC(=O)OC(C)(C)C)cn1. The highest BCUT2D eigenvalue weighted by Crippen LogP contribution is 2.21. The number of aliphatic hydroxyl groups is 1. The van der Waals surface area contributed by atoms with E-state index in [-0.39, 0.29) is 6.61 Å². The van der Waals surface area contributed by atoms with Crippen LogP contribution in [0.2, 0.25) is 0 Å². The molecule has 2 unspecified atom stereocenters. The van der Waals surface area contributed by atoms with Crippen LogP contribution in [0, 0.1) is 0 Å². The smallest absolute Gasteiger partial charge is 0.408 e. The zero-order valence-corrected chi connectivity index (χ0v) is 19.0. The summed E-state index contributed by atoms with van der Waals surface area (Å²) in [5, 5.41) is 13.7. The van der Waals surface area contributed by atoms with Crippen LogP contribution in [0.25, 0.3) is 5.57 Å². The highest BCUT2D eigenvalue weighted by atomic mass is 16.6. The van der Waals surface area contributed by atoms with Gasteiger partial charge in [-0.25, -0.2) is 4.79 Å². The lowest BCUT2D eigenvalue weighted by molar-refractivity contribution is 0.0189. The highest BCUT2D eigenvalue weighted by Gasteiger charge is 2.26. The molecule has 0 aliphatic heterocycles. The maximum Gasteiger partial charge on any atom is 0.408 e. The van der Waals surface area contributed by atoms with E-state index in [2.05, 4.69) is 23.5 Å². The lowest BCUT2D eigenvalue weighted by Crippen LogP contribution is -2.45. The average molecular weight is 437 g/mol. The second kappa shape index (κ2) is 12.0. The molecule has 1 aromatic heterocycles. The van der Waals surface area contributed by atoms with Gasteiger partial charge in [-0.05, 0) is 38.0 Å². The Morgan fingerprint density at radius 3 is 2.47 bits per heavy atom. The van der Waals surface area contributed by atoms with Crippen molar-refractivity contribution >= 4 is 11.7 Å². The normalized spacial score (nSPS) is 13.7. The summed E-state index contributed by atoms with van der Waals surface area (Å²) in [7, 11) is 0. The minimum absolute atomic E-state index is 0.0886. The maximum absolute atomic E-state index is 12.3. The second-order valence-corrected chi connectivity index (χ2v) is 8.24. The molecule has 1 heterocycles. The van der Waals surface area contributed by atoms with Crippen molar-refractivity contribution in [2.24, 2.45) is 0 Å². The highest BCUT2D eigenvalue weighted by molar-refractivity contribution is 5.72. The number of carbonyl (C=O) groups excluding carboxylic acids is 1. The van der Waals surface area contributed by atoms with Crippen LogP contribution in [0.3, 0.4) is 0 Å². The van der Waals surface area contributed by atoms with Crippen molar-refractivity contribution in [3.63, 3.8) is 0 Å². The van der Waals surface area contributed by atoms with Crippen molar-refractivity contribution in [2.45, 2.75) is 45.1 Å². The third-order valence-electron chi connectivity index (χ3n) is 4.43. The van der Waals surface area contributed by atoms with Crippen LogP contribution in [0.4, 0.5) is 4.79 Å². The minimum atomic E-state index is -1.05. The average Bonchev–Trinajstić information content (AvgIpc) is 2.76. The largest absolute Gasteiger partial charge is 0.444 e. The van der Waals surface area contributed by atoms with E-state index in [0.29, 0.717) is 17.9 Å². The van der Waals surface area contributed by atoms with Gasteiger partial charge in [0, 0.05) is 11.8 Å². The number of rotatable bonds is 10. The molecule has 6 nitrogen and oxygen atoms in total. The van der Waals surface area contributed by atoms with E-state index in [4.69, 9.17) is 9.47 Å². The van der Waals surface area contributed by atoms with Gasteiger partial charge in [0.15, 0.2) is 0 Å². The number of nitrogens with one attached hydrogen (secondary N) is 1. The van der Waals surface area contributed by atoms with Crippen LogP contribution in [-0.2, 0) is 16.1 Å². The van der Waals surface area contributed by atoms with Gasteiger partial charge in [0.25, 0.3) is 0 Å². The molecule has 0 bridgehead atoms. The Kier molecular flexibility index (Phi) is 9.38. The molecule has 0 saturated heterocycles. The lowest BCUT2D eigenvalue weighted by Gasteiger charge is -2.27. The van der Waals surface area contributed by atoms with Gasteiger partial charge in [-0.15, -0.1) is 0 Å². The molecule has 2 N–H and O–H groups in total. The molecule has 2 rings (SSSR count). The van der Waals surface area contributed by atoms with Crippen molar-refractivity contribution in [3.05, 3.63) is 96.9 Å². The van der Waals surface area contributed by atoms with Gasteiger partial charge in [-0.3, -0.25) is 4.98 Å². The first-order valence-corrected chi connectivity index (χ1v) is 10.4. The van der Waals surface area contributed by atoms with Crippen LogP contribution < -0.4 is 5.32 Å². The summed E-state index contributed by atoms with van der Waals surface area (Å²) in [5.74, 6) is 0. The van der Waals surface area contributed by atoms with E-state index in [1.165, 1.54) is 0 Å². The quantitative estimate of drug-likeness (QED) is 0.514. The molecule has 0 spiro atoms. The number of alkyl carbamates (subject to hydrolysis) is 1. The van der Waals surface area contributed by atoms with Crippen LogP contribution in [0.15, 0.2) is 80.0 Å². The molecule has 1 amide bonds. The fourth-order valence-electron chi connectivity index (χ4n) is 2.92. The van der Waals surface area contributed by atoms with Crippen LogP contribution in [0.5, 0.6) is 0 Å². The molecule has 2 aromatic rings. The minimum Gasteiger partial charge on any atom is -0.444 e. The Hall–Kier alpha value is -3.22. The van der Waals surface area contributed by atoms with E-state index in [1.807, 2.05) is 30.3 Å². The molecule has 2 atom stereocenters. The fraction of sp³-hybridized carbons (Fsp3) is 0.308. The number of amides is 1. The molecule has 0 aliphatic carbocycles. The van der Waals surface area contributed by atoms with Crippen molar-refractivity contribution in [3.8, 4) is 0 Å². The van der Waals surface area contributed by atoms with E-state index < -0.39 is 23.8 Å². The third-order valence-corrected chi connectivity index (χ3v) is 4.43. The Labute approximate surface area is 190 Å². The lowest BCUT2D eigenvalue weighted by atomic mass is 10.0. The monoisotopic (exact) mass is 436 g/mol. The zero-order chi connectivity index (χ0) is 23.6. The molecule has 0 aliphatic rings. The Morgan fingerprint density at radius 2 is 1.91 bits per heavy atom. The summed E-state index contributed by atoms with van der Waals surface area (Å²) in [4.78, 5) is 16.8. The standard InChI is InChI=1S/C26H32N2O4/c1-6-11-20(7-2)22-15-14-21(16-27-22)24(29)23(28-25(30)32-26(3,4)5)18-31-17-19-12-9-8-10-13-19/h6-16,23-24,29H,1-2,17-18H2,3-5H3,(H,28,30)/b20-11+. The maximum atomic E-state index is 12.3. The molecule has 6 heteroatoms. The fourth-order valence-corrected chi connectivity index (χ4v) is 2.92. The van der Waals surface area contributed by atoms with Gasteiger partial charge in [0.2, 0.25) is 0 Å². The van der Waals surface area contributed by atoms with Gasteiger partial charge in [0.05, 0.1) is 24.9 Å². The van der Waals surface area contributed by atoms with Gasteiger partial charge < -0.3 is 19.9 Å². The number of ether oxygens (including phenoxy) is 2. The van der Waals surface area contributed by atoms with Crippen LogP contribution >= 0.6 is 0 Å². The molecule has 0 radical (unpaired) electrons. The molecule has 1 aromatic carbocycles. The molecule has 0 saturated carbocycles. The number of hydrogen-bond donors (Lipinski definition) is 2. The number of hydrogen-bond acceptors (Lipinski definition) is 5. The molecule has 32 heavy (non-hydrogen) atoms. The predicted octanol–water partition coefficient (Wildman–Crippen LogP) is 4.98. The van der Waals surface area contributed by atoms with E-state index >= 15 is 0 Å². The number of allylic oxidation sites excluding steroid dienone is 4. The Balaban J connectivity index is 2.14. The molecular weight excluding hydrogens is 404 g/mol. The summed E-state index contributed by atoms with van der Waals surface area (Å²) in [6.45, 7) is 13.2. The van der Waals surface area contributed by atoms with Crippen molar-refractivity contribution in [1.29, 1.82) is 0 Å². The number of carbonyl (C=O) groups is 1. The topological polar surface area (TPSA) is 80.7 Å². The number of nitrogens with zero attached hydrogens (tertiary/aromatic N) is 1. The summed E-state index contributed by atoms with van der Waals surface area (Å²) >= 11 is 0. The van der Waals surface area contributed by atoms with Gasteiger partial charge in [0.1, 0.15) is 11.7 Å². The van der Waals surface area contributed by atoms with Crippen LogP contribution in [-0.4, -0.2) is 34.4 Å². The van der Waals surface area contributed by atoms with Crippen molar-refractivity contribution < 1.29 is 19.4 Å². The number of benzene rings is 1. The molecular formula is C26H32N2O4. The van der Waals surface area contributed by atoms with Crippen molar-refractivity contribution in [2.75, 3.05) is 6.61 Å². The van der Waals surface area contributed by atoms with E-state index in [1.54, 1.807) is 57.3 Å². The van der Waals surface area contributed by atoms with Gasteiger partial charge >= 0.3 is 6.09 Å². The molecule has 0 fully saturated rings. The summed E-state index contributed by atoms with van der Waals surface area (Å²) in [5.41, 5.74) is 2.39. The Bertz CT molecular complexity index is 915. The second-order valence-electron chi connectivity index (χ2n) is 8.24. The van der Waals surface area contributed by atoms with E-state index in [0.717, 1.165) is 11.1 Å². The van der Waals surface area contributed by atoms with Gasteiger partial charge in [-0.1, -0.05) is 67.8 Å². The number of aromatic nitrogens is 1. The zero-order valence-electron chi connectivity index (χ0n) is 19.0. The first kappa shape index (κ1) is 25.0.